The molecule has 49 heavy (non-hydrogen) atoms. The van der Waals surface area contributed by atoms with Gasteiger partial charge >= 0.3 is 0 Å². The fourth-order valence-electron chi connectivity index (χ4n) is 7.28. The number of thiophene rings is 1. The lowest BCUT2D eigenvalue weighted by Crippen LogP contribution is -1.92. The minimum absolute atomic E-state index is 0.873. The number of fused-ring (bicyclic) bond motifs is 9. The molecular formula is C46H28N2S. The van der Waals surface area contributed by atoms with E-state index in [-0.39, 0.29) is 0 Å². The van der Waals surface area contributed by atoms with E-state index < -0.39 is 0 Å². The number of rotatable bonds is 4. The lowest BCUT2D eigenvalue weighted by molar-refractivity contribution is 1.31. The van der Waals surface area contributed by atoms with E-state index in [0.717, 1.165) is 33.1 Å². The molecule has 0 unspecified atom stereocenters. The molecule has 0 amide bonds. The Bertz CT molecular complexity index is 2820. The van der Waals surface area contributed by atoms with Gasteiger partial charge in [0.25, 0.3) is 0 Å². The van der Waals surface area contributed by atoms with Crippen molar-refractivity contribution in [2.24, 2.45) is 0 Å². The largest absolute Gasteiger partial charge is 0.252 e. The predicted octanol–water partition coefficient (Wildman–Crippen LogP) is 13.0. The molecule has 0 saturated heterocycles. The van der Waals surface area contributed by atoms with E-state index in [9.17, 15) is 0 Å². The molecule has 2 nitrogen and oxygen atoms in total. The summed E-state index contributed by atoms with van der Waals surface area (Å²) in [5.74, 6) is 0. The molecule has 228 valence electrons. The van der Waals surface area contributed by atoms with Gasteiger partial charge in [0.15, 0.2) is 0 Å². The average Bonchev–Trinajstić information content (AvgIpc) is 3.56. The highest BCUT2D eigenvalue weighted by Gasteiger charge is 2.16. The Kier molecular flexibility index (Phi) is 6.39. The second kappa shape index (κ2) is 11.2. The third-order valence-corrected chi connectivity index (χ3v) is 10.9. The Morgan fingerprint density at radius 3 is 1.61 bits per heavy atom. The minimum atomic E-state index is 0.873. The first-order valence-corrected chi connectivity index (χ1v) is 17.4. The SMILES string of the molecule is c1ccc(-c2ccc3sc4c(-c5ccc(-c6cnc7c8ccccc8c8ccccc8c7n6)cc5)cc(-c5ccccc5)cc4c3c2)cc1. The number of aromatic nitrogens is 2. The van der Waals surface area contributed by atoms with Crippen LogP contribution in [0.1, 0.15) is 0 Å². The first kappa shape index (κ1) is 27.9. The van der Waals surface area contributed by atoms with Gasteiger partial charge in [-0.25, -0.2) is 4.98 Å². The average molecular weight is 641 g/mol. The normalized spacial score (nSPS) is 11.7. The molecule has 10 rings (SSSR count). The summed E-state index contributed by atoms with van der Waals surface area (Å²) in [6.45, 7) is 0. The van der Waals surface area contributed by atoms with E-state index in [1.807, 2.05) is 17.5 Å². The van der Waals surface area contributed by atoms with Crippen molar-refractivity contribution in [3.05, 3.63) is 170 Å². The van der Waals surface area contributed by atoms with Crippen LogP contribution in [0.3, 0.4) is 0 Å². The highest BCUT2D eigenvalue weighted by atomic mass is 32.1. The topological polar surface area (TPSA) is 25.8 Å². The van der Waals surface area contributed by atoms with Crippen LogP contribution in [-0.4, -0.2) is 9.97 Å². The van der Waals surface area contributed by atoms with Crippen LogP contribution >= 0.6 is 11.3 Å². The maximum atomic E-state index is 5.23. The van der Waals surface area contributed by atoms with E-state index in [1.165, 1.54) is 64.3 Å². The molecule has 0 bridgehead atoms. The van der Waals surface area contributed by atoms with Crippen LogP contribution in [0.2, 0.25) is 0 Å². The van der Waals surface area contributed by atoms with Gasteiger partial charge in [-0.3, -0.25) is 4.98 Å². The second-order valence-corrected chi connectivity index (χ2v) is 13.6. The van der Waals surface area contributed by atoms with Gasteiger partial charge in [-0.2, -0.15) is 0 Å². The van der Waals surface area contributed by atoms with Crippen molar-refractivity contribution in [3.63, 3.8) is 0 Å². The van der Waals surface area contributed by atoms with E-state index in [2.05, 4.69) is 164 Å². The number of hydrogen-bond acceptors (Lipinski definition) is 3. The maximum Gasteiger partial charge on any atom is 0.0979 e. The highest BCUT2D eigenvalue weighted by Crippen LogP contribution is 2.44. The monoisotopic (exact) mass is 640 g/mol. The van der Waals surface area contributed by atoms with Crippen molar-refractivity contribution >= 4 is 64.1 Å². The zero-order valence-electron chi connectivity index (χ0n) is 26.5. The molecule has 0 saturated carbocycles. The lowest BCUT2D eigenvalue weighted by Gasteiger charge is -2.11. The standard InChI is InChI=1S/C46H28N2S/c1-3-11-29(12-4-1)33-23-24-43-40(25-33)41-27-34(30-13-5-2-6-14-30)26-39(46(41)49-43)31-19-21-32(22-20-31)42-28-47-44-37-17-9-7-15-35(37)36-16-8-10-18-38(36)45(44)48-42/h1-28H. The predicted molar refractivity (Wildman–Crippen MR) is 209 cm³/mol. The third kappa shape index (κ3) is 4.62. The summed E-state index contributed by atoms with van der Waals surface area (Å²) in [4.78, 5) is 10.2. The Hall–Kier alpha value is -6.16. The first-order chi connectivity index (χ1) is 24.3. The summed E-state index contributed by atoms with van der Waals surface area (Å²) < 4.78 is 2.60. The van der Waals surface area contributed by atoms with Crippen LogP contribution in [0.15, 0.2) is 170 Å². The van der Waals surface area contributed by atoms with Gasteiger partial charge in [0, 0.05) is 42.1 Å². The van der Waals surface area contributed by atoms with Gasteiger partial charge in [0.1, 0.15) is 0 Å². The van der Waals surface area contributed by atoms with Crippen molar-refractivity contribution in [1.82, 2.24) is 9.97 Å². The van der Waals surface area contributed by atoms with E-state index in [1.54, 1.807) is 0 Å². The molecule has 10 aromatic rings. The summed E-state index contributed by atoms with van der Waals surface area (Å²) in [6.07, 6.45) is 1.92. The summed E-state index contributed by atoms with van der Waals surface area (Å²) in [6, 6.07) is 58.8. The van der Waals surface area contributed by atoms with E-state index in [4.69, 9.17) is 9.97 Å². The summed E-state index contributed by atoms with van der Waals surface area (Å²) >= 11 is 1.87. The molecule has 0 N–H and O–H groups in total. The van der Waals surface area contributed by atoms with Crippen LogP contribution in [0.5, 0.6) is 0 Å². The molecule has 0 aliphatic heterocycles. The fourth-order valence-corrected chi connectivity index (χ4v) is 8.48. The van der Waals surface area contributed by atoms with Crippen LogP contribution in [0.25, 0.3) is 97.4 Å². The summed E-state index contributed by atoms with van der Waals surface area (Å²) in [5.41, 5.74) is 11.1. The molecule has 3 heteroatoms. The van der Waals surface area contributed by atoms with Crippen molar-refractivity contribution in [3.8, 4) is 44.6 Å². The van der Waals surface area contributed by atoms with Gasteiger partial charge in [-0.05, 0) is 62.9 Å². The smallest absolute Gasteiger partial charge is 0.0979 e. The van der Waals surface area contributed by atoms with Crippen molar-refractivity contribution in [2.45, 2.75) is 0 Å². The Labute approximate surface area is 287 Å². The Morgan fingerprint density at radius 2 is 0.918 bits per heavy atom. The first-order valence-electron chi connectivity index (χ1n) is 16.6. The Balaban J connectivity index is 1.13. The van der Waals surface area contributed by atoms with Crippen LogP contribution in [0.4, 0.5) is 0 Å². The molecule has 0 radical (unpaired) electrons. The number of nitrogens with zero attached hydrogens (tertiary/aromatic N) is 2. The van der Waals surface area contributed by atoms with Gasteiger partial charge in [-0.1, -0.05) is 140 Å². The molecule has 0 spiro atoms. The zero-order valence-corrected chi connectivity index (χ0v) is 27.3. The minimum Gasteiger partial charge on any atom is -0.252 e. The molecule has 0 aliphatic rings. The number of benzene rings is 8. The van der Waals surface area contributed by atoms with Crippen molar-refractivity contribution < 1.29 is 0 Å². The third-order valence-electron chi connectivity index (χ3n) is 9.70. The second-order valence-electron chi connectivity index (χ2n) is 12.6. The summed E-state index contributed by atoms with van der Waals surface area (Å²) in [7, 11) is 0. The van der Waals surface area contributed by atoms with Gasteiger partial charge in [-0.15, -0.1) is 11.3 Å². The van der Waals surface area contributed by atoms with Gasteiger partial charge < -0.3 is 0 Å². The fraction of sp³-hybridized carbons (Fsp3) is 0. The van der Waals surface area contributed by atoms with Crippen LogP contribution < -0.4 is 0 Å². The lowest BCUT2D eigenvalue weighted by atomic mass is 9.94. The molecule has 0 atom stereocenters. The Morgan fingerprint density at radius 1 is 0.367 bits per heavy atom. The maximum absolute atomic E-state index is 5.23. The van der Waals surface area contributed by atoms with Crippen molar-refractivity contribution in [2.75, 3.05) is 0 Å². The van der Waals surface area contributed by atoms with E-state index in [0.29, 0.717) is 0 Å². The molecule has 8 aromatic carbocycles. The summed E-state index contributed by atoms with van der Waals surface area (Å²) in [5, 5.41) is 7.25. The molecular weight excluding hydrogens is 613 g/mol. The van der Waals surface area contributed by atoms with Crippen molar-refractivity contribution in [1.29, 1.82) is 0 Å². The zero-order chi connectivity index (χ0) is 32.3. The molecule has 0 fully saturated rings. The molecule has 2 heterocycles. The van der Waals surface area contributed by atoms with Gasteiger partial charge in [0.05, 0.1) is 22.9 Å². The highest BCUT2D eigenvalue weighted by molar-refractivity contribution is 7.26. The van der Waals surface area contributed by atoms with Crippen LogP contribution in [-0.2, 0) is 0 Å². The number of hydrogen-bond donors (Lipinski definition) is 0. The van der Waals surface area contributed by atoms with Crippen LogP contribution in [0, 0.1) is 0 Å². The molecule has 2 aromatic heterocycles. The van der Waals surface area contributed by atoms with E-state index >= 15 is 0 Å². The van der Waals surface area contributed by atoms with Gasteiger partial charge in [0.2, 0.25) is 0 Å². The quantitative estimate of drug-likeness (QED) is 0.179. The molecule has 0 aliphatic carbocycles.